The van der Waals surface area contributed by atoms with Crippen molar-refractivity contribution in [2.75, 3.05) is 0 Å². The van der Waals surface area contributed by atoms with Crippen LogP contribution in [0.4, 0.5) is 0 Å². The number of nitrogens with one attached hydrogen (secondary N) is 2. The number of benzene rings is 1. The molecule has 1 aromatic rings. The molecular weight excluding hydrogens is 402 g/mol. The Labute approximate surface area is 170 Å². The minimum Gasteiger partial charge on any atom is -0.508 e. The predicted octanol–water partition coefficient (Wildman–Crippen LogP) is -1.34. The van der Waals surface area contributed by atoms with E-state index in [-0.39, 0.29) is 18.6 Å². The van der Waals surface area contributed by atoms with Gasteiger partial charge < -0.3 is 36.8 Å². The molecule has 0 saturated heterocycles. The first-order valence-corrected chi connectivity index (χ1v) is 8.80. The summed E-state index contributed by atoms with van der Waals surface area (Å²) in [6.07, 6.45) is -1.64. The second-order valence-electron chi connectivity index (χ2n) is 6.47. The zero-order valence-corrected chi connectivity index (χ0v) is 15.8. The van der Waals surface area contributed by atoms with Gasteiger partial charge in [0, 0.05) is 12.8 Å². The van der Waals surface area contributed by atoms with Crippen LogP contribution in [-0.4, -0.2) is 68.3 Å². The molecule has 0 aromatic heterocycles. The molecule has 0 bridgehead atoms. The molecule has 12 heteroatoms. The third-order valence-electron chi connectivity index (χ3n) is 4.01. The number of aromatic hydroxyl groups is 1. The van der Waals surface area contributed by atoms with Crippen LogP contribution < -0.4 is 16.4 Å². The fourth-order valence-corrected chi connectivity index (χ4v) is 2.41. The van der Waals surface area contributed by atoms with Crippen molar-refractivity contribution in [3.8, 4) is 5.75 Å². The fourth-order valence-electron chi connectivity index (χ4n) is 2.41. The van der Waals surface area contributed by atoms with Gasteiger partial charge in [0.05, 0.1) is 12.5 Å². The van der Waals surface area contributed by atoms with E-state index in [0.717, 1.165) is 0 Å². The summed E-state index contributed by atoms with van der Waals surface area (Å²) in [6, 6.07) is 1.23. The van der Waals surface area contributed by atoms with Gasteiger partial charge in [-0.1, -0.05) is 12.1 Å². The van der Waals surface area contributed by atoms with Crippen LogP contribution in [0.1, 0.15) is 24.8 Å². The first-order chi connectivity index (χ1) is 14.0. The molecule has 12 nitrogen and oxygen atoms in total. The molecule has 2 amide bonds. The van der Waals surface area contributed by atoms with E-state index in [1.54, 1.807) is 0 Å². The third-order valence-corrected chi connectivity index (χ3v) is 4.01. The molecule has 1 rings (SSSR count). The molecule has 0 spiro atoms. The molecule has 0 unspecified atom stereocenters. The molecule has 0 radical (unpaired) electrons. The van der Waals surface area contributed by atoms with E-state index in [1.165, 1.54) is 24.3 Å². The Morgan fingerprint density at radius 3 is 1.93 bits per heavy atom. The number of carbonyl (C=O) groups is 5. The largest absolute Gasteiger partial charge is 0.508 e. The molecular formula is C18H23N3O9. The van der Waals surface area contributed by atoms with Crippen LogP contribution in [0.2, 0.25) is 0 Å². The SMILES string of the molecule is N[C@@H](CCC(=O)O)C(=O)N[C@@H](CC(=O)O)C(=O)N[C@@H](Cc1ccc(O)cc1)C(=O)O. The van der Waals surface area contributed by atoms with E-state index in [4.69, 9.17) is 15.9 Å². The maximum atomic E-state index is 12.4. The molecule has 164 valence electrons. The Hall–Kier alpha value is -3.67. The first-order valence-electron chi connectivity index (χ1n) is 8.80. The van der Waals surface area contributed by atoms with Crippen LogP contribution in [0.15, 0.2) is 24.3 Å². The van der Waals surface area contributed by atoms with E-state index in [9.17, 15) is 34.2 Å². The first kappa shape index (κ1) is 24.4. The van der Waals surface area contributed by atoms with Crippen LogP contribution in [-0.2, 0) is 30.4 Å². The van der Waals surface area contributed by atoms with Crippen LogP contribution >= 0.6 is 0 Å². The predicted molar refractivity (Wildman–Crippen MR) is 100 cm³/mol. The average Bonchev–Trinajstić information content (AvgIpc) is 2.65. The number of carboxylic acid groups (broad SMARTS) is 3. The Morgan fingerprint density at radius 2 is 1.43 bits per heavy atom. The second-order valence-corrected chi connectivity index (χ2v) is 6.47. The van der Waals surface area contributed by atoms with E-state index in [2.05, 4.69) is 10.6 Å². The topological polar surface area (TPSA) is 216 Å². The zero-order chi connectivity index (χ0) is 22.8. The normalized spacial score (nSPS) is 13.5. The highest BCUT2D eigenvalue weighted by Gasteiger charge is 2.29. The second kappa shape index (κ2) is 11.4. The number of hydrogen-bond acceptors (Lipinski definition) is 7. The zero-order valence-electron chi connectivity index (χ0n) is 15.8. The highest BCUT2D eigenvalue weighted by Crippen LogP contribution is 2.12. The van der Waals surface area contributed by atoms with E-state index in [1.807, 2.05) is 0 Å². The number of carboxylic acids is 3. The fraction of sp³-hybridized carbons (Fsp3) is 0.389. The minimum atomic E-state index is -1.62. The molecule has 30 heavy (non-hydrogen) atoms. The van der Waals surface area contributed by atoms with Crippen molar-refractivity contribution in [2.24, 2.45) is 5.73 Å². The average molecular weight is 425 g/mol. The van der Waals surface area contributed by atoms with E-state index in [0.29, 0.717) is 5.56 Å². The Bertz CT molecular complexity index is 795. The molecule has 0 fully saturated rings. The highest BCUT2D eigenvalue weighted by molar-refractivity contribution is 5.94. The lowest BCUT2D eigenvalue weighted by molar-refractivity contribution is -0.143. The summed E-state index contributed by atoms with van der Waals surface area (Å²) in [5, 5.41) is 40.5. The van der Waals surface area contributed by atoms with Crippen molar-refractivity contribution < 1.29 is 44.4 Å². The number of amides is 2. The maximum Gasteiger partial charge on any atom is 0.326 e. The number of carbonyl (C=O) groups excluding carboxylic acids is 2. The molecule has 1 aromatic carbocycles. The standard InChI is InChI=1S/C18H23N3O9/c19-11(5-6-14(23)24)16(27)20-12(8-15(25)26)17(28)21-13(18(29)30)7-9-1-3-10(22)4-2-9/h1-4,11-13,22H,5-8,19H2,(H,20,27)(H,21,28)(H,23,24)(H,25,26)(H,29,30)/t11-,12-,13-/m0/s1. The van der Waals surface area contributed by atoms with Gasteiger partial charge in [-0.3, -0.25) is 19.2 Å². The van der Waals surface area contributed by atoms with Crippen molar-refractivity contribution in [1.82, 2.24) is 10.6 Å². The number of nitrogens with two attached hydrogens (primary N) is 1. The molecule has 0 aliphatic heterocycles. The number of hydrogen-bond donors (Lipinski definition) is 7. The number of phenols is 1. The summed E-state index contributed by atoms with van der Waals surface area (Å²) in [5.41, 5.74) is 6.02. The lowest BCUT2D eigenvalue weighted by Gasteiger charge is -2.22. The molecule has 3 atom stereocenters. The molecule has 0 aliphatic rings. The lowest BCUT2D eigenvalue weighted by Crippen LogP contribution is -2.55. The van der Waals surface area contributed by atoms with Crippen LogP contribution in [0.25, 0.3) is 0 Å². The Kier molecular flexibility index (Phi) is 9.23. The lowest BCUT2D eigenvalue weighted by atomic mass is 10.0. The van der Waals surface area contributed by atoms with Gasteiger partial charge in [0.15, 0.2) is 0 Å². The number of aliphatic carboxylic acids is 3. The Balaban J connectivity index is 2.85. The van der Waals surface area contributed by atoms with Gasteiger partial charge in [0.1, 0.15) is 17.8 Å². The van der Waals surface area contributed by atoms with Gasteiger partial charge in [0.2, 0.25) is 11.8 Å². The van der Waals surface area contributed by atoms with Gasteiger partial charge >= 0.3 is 17.9 Å². The number of rotatable bonds is 12. The van der Waals surface area contributed by atoms with Crippen LogP contribution in [0.3, 0.4) is 0 Å². The quantitative estimate of drug-likeness (QED) is 0.209. The molecule has 8 N–H and O–H groups in total. The van der Waals surface area contributed by atoms with Gasteiger partial charge in [-0.05, 0) is 24.1 Å². The van der Waals surface area contributed by atoms with Gasteiger partial charge in [0.25, 0.3) is 0 Å². The summed E-state index contributed by atoms with van der Waals surface area (Å²) >= 11 is 0. The molecule has 0 heterocycles. The molecule has 0 aliphatic carbocycles. The van der Waals surface area contributed by atoms with Gasteiger partial charge in [-0.15, -0.1) is 0 Å². The van der Waals surface area contributed by atoms with Gasteiger partial charge in [-0.25, -0.2) is 4.79 Å². The monoisotopic (exact) mass is 425 g/mol. The third kappa shape index (κ3) is 8.56. The van der Waals surface area contributed by atoms with Gasteiger partial charge in [-0.2, -0.15) is 0 Å². The van der Waals surface area contributed by atoms with Crippen molar-refractivity contribution in [3.63, 3.8) is 0 Å². The number of phenolic OH excluding ortho intramolecular Hbond substituents is 1. The maximum absolute atomic E-state index is 12.4. The van der Waals surface area contributed by atoms with Crippen molar-refractivity contribution in [1.29, 1.82) is 0 Å². The van der Waals surface area contributed by atoms with Crippen molar-refractivity contribution in [3.05, 3.63) is 29.8 Å². The van der Waals surface area contributed by atoms with Crippen molar-refractivity contribution in [2.45, 2.75) is 43.8 Å². The minimum absolute atomic E-state index is 0.0295. The smallest absolute Gasteiger partial charge is 0.326 e. The summed E-state index contributed by atoms with van der Waals surface area (Å²) in [4.78, 5) is 57.6. The van der Waals surface area contributed by atoms with Crippen molar-refractivity contribution >= 4 is 29.7 Å². The summed E-state index contributed by atoms with van der Waals surface area (Å²) in [7, 11) is 0. The Morgan fingerprint density at radius 1 is 0.867 bits per heavy atom. The summed E-state index contributed by atoms with van der Waals surface area (Å²) < 4.78 is 0. The van der Waals surface area contributed by atoms with Crippen LogP contribution in [0.5, 0.6) is 5.75 Å². The molecule has 0 saturated carbocycles. The van der Waals surface area contributed by atoms with E-state index >= 15 is 0 Å². The summed E-state index contributed by atoms with van der Waals surface area (Å²) in [5.74, 6) is -6.03. The van der Waals surface area contributed by atoms with E-state index < -0.39 is 60.7 Å². The summed E-state index contributed by atoms with van der Waals surface area (Å²) in [6.45, 7) is 0. The van der Waals surface area contributed by atoms with Crippen LogP contribution in [0, 0.1) is 0 Å². The highest BCUT2D eigenvalue weighted by atomic mass is 16.4.